The van der Waals surface area contributed by atoms with Gasteiger partial charge in [-0.3, -0.25) is 19.7 Å². The highest BCUT2D eigenvalue weighted by molar-refractivity contribution is 6.34. The number of carbonyl (C=O) groups excluding carboxylic acids is 1. The second-order valence-electron chi connectivity index (χ2n) is 4.27. The molecule has 0 saturated carbocycles. The third kappa shape index (κ3) is 3.26. The van der Waals surface area contributed by atoms with E-state index in [2.05, 4.69) is 10.3 Å². The minimum Gasteiger partial charge on any atom is -0.364 e. The summed E-state index contributed by atoms with van der Waals surface area (Å²) in [5.41, 5.74) is 0.125. The molecule has 0 aliphatic rings. The number of anilines is 1. The van der Waals surface area contributed by atoms with Gasteiger partial charge in [-0.15, -0.1) is 0 Å². The molecule has 1 amide bonds. The van der Waals surface area contributed by atoms with Gasteiger partial charge in [0.15, 0.2) is 5.43 Å². The molecule has 8 heteroatoms. The topological polar surface area (TPSA) is 105 Å². The highest BCUT2D eigenvalue weighted by Crippen LogP contribution is 2.26. The van der Waals surface area contributed by atoms with Crippen molar-refractivity contribution in [1.82, 2.24) is 4.98 Å². The molecule has 0 saturated heterocycles. The molecule has 0 fully saturated rings. The number of non-ortho nitro benzene ring substituents is 1. The summed E-state index contributed by atoms with van der Waals surface area (Å²) < 4.78 is 0. The summed E-state index contributed by atoms with van der Waals surface area (Å²) in [4.78, 5) is 36.5. The molecule has 0 bridgehead atoms. The smallest absolute Gasteiger partial charge is 0.271 e. The van der Waals surface area contributed by atoms with Crippen molar-refractivity contribution in [2.75, 3.05) is 5.32 Å². The lowest BCUT2D eigenvalue weighted by Crippen LogP contribution is -2.21. The van der Waals surface area contributed by atoms with Crippen LogP contribution in [0.15, 0.2) is 35.3 Å². The Labute approximate surface area is 123 Å². The second kappa shape index (κ2) is 5.76. The van der Waals surface area contributed by atoms with Gasteiger partial charge in [0.2, 0.25) is 0 Å². The van der Waals surface area contributed by atoms with E-state index in [-0.39, 0.29) is 22.0 Å². The second-order valence-corrected chi connectivity index (χ2v) is 4.68. The lowest BCUT2D eigenvalue weighted by molar-refractivity contribution is -0.384. The van der Waals surface area contributed by atoms with Gasteiger partial charge in [-0.2, -0.15) is 0 Å². The number of benzene rings is 1. The van der Waals surface area contributed by atoms with E-state index in [4.69, 9.17) is 11.6 Å². The summed E-state index contributed by atoms with van der Waals surface area (Å²) >= 11 is 5.86. The molecule has 0 spiro atoms. The normalized spacial score (nSPS) is 10.2. The van der Waals surface area contributed by atoms with E-state index >= 15 is 0 Å². The molecule has 0 radical (unpaired) electrons. The average molecular weight is 308 g/mol. The summed E-state index contributed by atoms with van der Waals surface area (Å²) in [6.45, 7) is 1.69. The minimum absolute atomic E-state index is 0.0149. The number of nitro benzene ring substituents is 1. The first-order valence-electron chi connectivity index (χ1n) is 5.83. The van der Waals surface area contributed by atoms with E-state index in [1.807, 2.05) is 0 Å². The van der Waals surface area contributed by atoms with Gasteiger partial charge in [0.25, 0.3) is 11.6 Å². The van der Waals surface area contributed by atoms with Crippen molar-refractivity contribution in [1.29, 1.82) is 0 Å². The van der Waals surface area contributed by atoms with Crippen molar-refractivity contribution < 1.29 is 9.72 Å². The van der Waals surface area contributed by atoms with Gasteiger partial charge in [0, 0.05) is 30.1 Å². The molecule has 21 heavy (non-hydrogen) atoms. The zero-order valence-electron chi connectivity index (χ0n) is 10.8. The van der Waals surface area contributed by atoms with Gasteiger partial charge in [-0.1, -0.05) is 11.6 Å². The number of nitrogens with one attached hydrogen (secondary N) is 2. The van der Waals surface area contributed by atoms with Gasteiger partial charge in [0.05, 0.1) is 15.6 Å². The fraction of sp³-hybridized carbons (Fsp3) is 0.0769. The van der Waals surface area contributed by atoms with Crippen LogP contribution in [-0.2, 0) is 0 Å². The lowest BCUT2D eigenvalue weighted by Gasteiger charge is -2.07. The first-order chi connectivity index (χ1) is 9.88. The highest BCUT2D eigenvalue weighted by atomic mass is 35.5. The first-order valence-corrected chi connectivity index (χ1v) is 6.21. The molecule has 2 aromatic rings. The fourth-order valence-corrected chi connectivity index (χ4v) is 1.88. The zero-order valence-corrected chi connectivity index (χ0v) is 11.6. The number of aromatic nitrogens is 1. The van der Waals surface area contributed by atoms with E-state index in [1.165, 1.54) is 24.4 Å². The van der Waals surface area contributed by atoms with Crippen LogP contribution < -0.4 is 10.7 Å². The Balaban J connectivity index is 2.27. The fourth-order valence-electron chi connectivity index (χ4n) is 1.66. The molecular weight excluding hydrogens is 298 g/mol. The average Bonchev–Trinajstić information content (AvgIpc) is 2.40. The molecule has 0 aliphatic carbocycles. The van der Waals surface area contributed by atoms with Crippen LogP contribution in [0, 0.1) is 17.0 Å². The Morgan fingerprint density at radius 2 is 2.10 bits per heavy atom. The number of H-pyrrole nitrogens is 1. The van der Waals surface area contributed by atoms with Crippen molar-refractivity contribution in [3.05, 3.63) is 67.1 Å². The maximum absolute atomic E-state index is 12.0. The summed E-state index contributed by atoms with van der Waals surface area (Å²) in [6, 6.07) is 4.94. The van der Waals surface area contributed by atoms with Gasteiger partial charge >= 0.3 is 0 Å². The molecule has 1 aromatic heterocycles. The third-order valence-electron chi connectivity index (χ3n) is 2.71. The van der Waals surface area contributed by atoms with E-state index < -0.39 is 16.3 Å². The molecule has 0 aliphatic heterocycles. The minimum atomic E-state index is -0.646. The van der Waals surface area contributed by atoms with E-state index in [0.717, 1.165) is 6.07 Å². The largest absolute Gasteiger partial charge is 0.364 e. The number of hydrogen-bond acceptors (Lipinski definition) is 4. The molecule has 1 heterocycles. The van der Waals surface area contributed by atoms with Crippen molar-refractivity contribution >= 4 is 28.9 Å². The summed E-state index contributed by atoms with van der Waals surface area (Å²) in [5.74, 6) is -0.646. The van der Waals surface area contributed by atoms with Crippen molar-refractivity contribution in [2.45, 2.75) is 6.92 Å². The number of aryl methyl sites for hydroxylation is 1. The Morgan fingerprint density at radius 3 is 2.67 bits per heavy atom. The van der Waals surface area contributed by atoms with Crippen molar-refractivity contribution in [2.24, 2.45) is 0 Å². The molecule has 2 rings (SSSR count). The van der Waals surface area contributed by atoms with Crippen molar-refractivity contribution in [3.63, 3.8) is 0 Å². The summed E-state index contributed by atoms with van der Waals surface area (Å²) in [7, 11) is 0. The third-order valence-corrected chi connectivity index (χ3v) is 3.03. The number of nitro groups is 1. The Bertz CT molecular complexity index is 785. The van der Waals surface area contributed by atoms with Crippen LogP contribution in [0.4, 0.5) is 11.4 Å². The number of hydrogen-bond donors (Lipinski definition) is 2. The van der Waals surface area contributed by atoms with Crippen LogP contribution in [-0.4, -0.2) is 15.8 Å². The van der Waals surface area contributed by atoms with Crippen LogP contribution in [0.1, 0.15) is 16.1 Å². The summed E-state index contributed by atoms with van der Waals surface area (Å²) in [5, 5.41) is 13.1. The number of halogens is 1. The van der Waals surface area contributed by atoms with E-state index in [0.29, 0.717) is 5.69 Å². The molecule has 7 nitrogen and oxygen atoms in total. The highest BCUT2D eigenvalue weighted by Gasteiger charge is 2.14. The predicted molar refractivity (Wildman–Crippen MR) is 77.9 cm³/mol. The van der Waals surface area contributed by atoms with Gasteiger partial charge in [0.1, 0.15) is 5.56 Å². The Hall–Kier alpha value is -2.67. The molecule has 1 aromatic carbocycles. The van der Waals surface area contributed by atoms with Crippen LogP contribution in [0.5, 0.6) is 0 Å². The number of aromatic amines is 1. The summed E-state index contributed by atoms with van der Waals surface area (Å²) in [6.07, 6.45) is 1.30. The van der Waals surface area contributed by atoms with E-state index in [1.54, 1.807) is 6.92 Å². The number of carbonyl (C=O) groups is 1. The predicted octanol–water partition coefficient (Wildman–Crippen LogP) is 2.50. The number of pyridine rings is 1. The standard InChI is InChI=1S/C13H10ClN3O4/c1-7-4-12(18)9(6-15-7)13(19)16-11-3-2-8(17(20)21)5-10(11)14/h2-6H,1H3,(H,15,18)(H,16,19). The van der Waals surface area contributed by atoms with Gasteiger partial charge < -0.3 is 10.3 Å². The number of amides is 1. The zero-order chi connectivity index (χ0) is 15.6. The van der Waals surface area contributed by atoms with Crippen LogP contribution in [0.3, 0.4) is 0 Å². The maximum atomic E-state index is 12.0. The van der Waals surface area contributed by atoms with Gasteiger partial charge in [-0.25, -0.2) is 0 Å². The molecule has 108 valence electrons. The van der Waals surface area contributed by atoms with Gasteiger partial charge in [-0.05, 0) is 13.0 Å². The number of rotatable bonds is 3. The maximum Gasteiger partial charge on any atom is 0.271 e. The van der Waals surface area contributed by atoms with E-state index in [9.17, 15) is 19.7 Å². The SMILES string of the molecule is Cc1cc(=O)c(C(=O)Nc2ccc([N+](=O)[O-])cc2Cl)c[nH]1. The molecule has 0 atom stereocenters. The van der Waals surface area contributed by atoms with Crippen LogP contribution in [0.2, 0.25) is 5.02 Å². The van der Waals surface area contributed by atoms with Crippen molar-refractivity contribution in [3.8, 4) is 0 Å². The monoisotopic (exact) mass is 307 g/mol. The van der Waals surface area contributed by atoms with Crippen LogP contribution >= 0.6 is 11.6 Å². The Morgan fingerprint density at radius 1 is 1.38 bits per heavy atom. The first kappa shape index (κ1) is 14.7. The Kier molecular flexibility index (Phi) is 4.04. The molecule has 2 N–H and O–H groups in total. The quantitative estimate of drug-likeness (QED) is 0.671. The molecular formula is C13H10ClN3O4. The number of nitrogens with zero attached hydrogens (tertiary/aromatic N) is 1. The molecule has 0 unspecified atom stereocenters. The van der Waals surface area contributed by atoms with Crippen LogP contribution in [0.25, 0.3) is 0 Å². The lowest BCUT2D eigenvalue weighted by atomic mass is 10.2.